The summed E-state index contributed by atoms with van der Waals surface area (Å²) in [5.41, 5.74) is 3.32. The lowest BCUT2D eigenvalue weighted by Gasteiger charge is -2.27. The van der Waals surface area contributed by atoms with Gasteiger partial charge in [0.05, 0.1) is 16.3 Å². The van der Waals surface area contributed by atoms with Crippen LogP contribution in [0.3, 0.4) is 0 Å². The summed E-state index contributed by atoms with van der Waals surface area (Å²) < 4.78 is 19.0. The zero-order chi connectivity index (χ0) is 20.9. The molecule has 1 aromatic heterocycles. The molecule has 1 saturated heterocycles. The van der Waals surface area contributed by atoms with Gasteiger partial charge in [-0.2, -0.15) is 0 Å². The summed E-state index contributed by atoms with van der Waals surface area (Å²) in [7, 11) is 4.09. The molecule has 0 bridgehead atoms. The van der Waals surface area contributed by atoms with E-state index >= 15 is 0 Å². The molecule has 1 aliphatic heterocycles. The van der Waals surface area contributed by atoms with Gasteiger partial charge in [0, 0.05) is 32.0 Å². The van der Waals surface area contributed by atoms with E-state index in [1.54, 1.807) is 11.3 Å². The van der Waals surface area contributed by atoms with Gasteiger partial charge in [-0.05, 0) is 68.1 Å². The molecule has 0 spiro atoms. The van der Waals surface area contributed by atoms with Gasteiger partial charge in [-0.25, -0.2) is 4.98 Å². The number of ether oxygens (including phenoxy) is 3. The Morgan fingerprint density at radius 1 is 1.17 bits per heavy atom. The number of rotatable bonds is 8. The molecule has 2 atom stereocenters. The quantitative estimate of drug-likeness (QED) is 0.460. The van der Waals surface area contributed by atoms with Crippen LogP contribution in [-0.4, -0.2) is 44.7 Å². The van der Waals surface area contributed by atoms with Crippen molar-refractivity contribution in [1.29, 1.82) is 0 Å². The van der Waals surface area contributed by atoms with Crippen molar-refractivity contribution in [2.45, 2.75) is 45.0 Å². The third-order valence-corrected chi connectivity index (χ3v) is 6.43. The lowest BCUT2D eigenvalue weighted by molar-refractivity contribution is -0.193. The van der Waals surface area contributed by atoms with E-state index in [0.29, 0.717) is 6.61 Å². The largest absolute Gasteiger partial charge is 0.491 e. The first-order valence-corrected chi connectivity index (χ1v) is 11.5. The molecule has 3 aromatic rings. The van der Waals surface area contributed by atoms with Gasteiger partial charge in [-0.15, -0.1) is 11.3 Å². The maximum Gasteiger partial charge on any atom is 0.158 e. The first kappa shape index (κ1) is 21.1. The van der Waals surface area contributed by atoms with E-state index < -0.39 is 0 Å². The Morgan fingerprint density at radius 2 is 2.00 bits per heavy atom. The lowest BCUT2D eigenvalue weighted by Crippen LogP contribution is -2.31. The Kier molecular flexibility index (Phi) is 6.87. The number of anilines is 1. The number of thiazole rings is 1. The molecule has 0 radical (unpaired) electrons. The van der Waals surface area contributed by atoms with Gasteiger partial charge in [0.1, 0.15) is 17.4 Å². The molecule has 160 valence electrons. The number of hydrogen-bond donors (Lipinski definition) is 0. The van der Waals surface area contributed by atoms with Crippen molar-refractivity contribution in [3.05, 3.63) is 42.5 Å². The highest BCUT2D eigenvalue weighted by molar-refractivity contribution is 7.21. The third-order valence-electron chi connectivity index (χ3n) is 5.36. The fraction of sp³-hybridized carbons (Fsp3) is 0.458. The summed E-state index contributed by atoms with van der Waals surface area (Å²) in [4.78, 5) is 6.89. The van der Waals surface area contributed by atoms with E-state index in [9.17, 15) is 0 Å². The maximum absolute atomic E-state index is 6.08. The first-order chi connectivity index (χ1) is 14.6. The summed E-state index contributed by atoms with van der Waals surface area (Å²) in [6, 6.07) is 14.6. The van der Waals surface area contributed by atoms with Crippen molar-refractivity contribution in [1.82, 2.24) is 4.98 Å². The van der Waals surface area contributed by atoms with Crippen LogP contribution < -0.4 is 9.64 Å². The second kappa shape index (κ2) is 9.77. The highest BCUT2D eigenvalue weighted by atomic mass is 32.1. The van der Waals surface area contributed by atoms with E-state index in [4.69, 9.17) is 19.2 Å². The van der Waals surface area contributed by atoms with Gasteiger partial charge in [0.2, 0.25) is 0 Å². The predicted octanol–water partition coefficient (Wildman–Crippen LogP) is 5.73. The monoisotopic (exact) mass is 426 g/mol. The normalized spacial score (nSPS) is 17.8. The molecule has 4 rings (SSSR count). The Morgan fingerprint density at radius 3 is 2.70 bits per heavy atom. The zero-order valence-electron chi connectivity index (χ0n) is 18.0. The van der Waals surface area contributed by atoms with Crippen molar-refractivity contribution in [3.63, 3.8) is 0 Å². The standard InChI is InChI=1S/C24H30N2O3S/c1-4-19(29-23-7-5-6-14-27-23)16-28-20-12-13-21-22(15-20)30-24(25-21)17-8-10-18(11-9-17)26(2)3/h8-13,15,19,23H,4-7,14,16H2,1-3H3/t19-,23?/m1/s1. The van der Waals surface area contributed by atoms with Gasteiger partial charge in [-0.1, -0.05) is 6.92 Å². The molecule has 1 unspecified atom stereocenters. The minimum atomic E-state index is -0.0854. The van der Waals surface area contributed by atoms with Gasteiger partial charge in [0.15, 0.2) is 6.29 Å². The average Bonchev–Trinajstić information content (AvgIpc) is 3.21. The fourth-order valence-electron chi connectivity index (χ4n) is 3.50. The Hall–Kier alpha value is -2.15. The summed E-state index contributed by atoms with van der Waals surface area (Å²) in [5, 5.41) is 1.02. The van der Waals surface area contributed by atoms with Crippen LogP contribution >= 0.6 is 11.3 Å². The van der Waals surface area contributed by atoms with Crippen LogP contribution in [0.25, 0.3) is 20.8 Å². The smallest absolute Gasteiger partial charge is 0.158 e. The number of hydrogen-bond acceptors (Lipinski definition) is 6. The number of nitrogens with zero attached hydrogens (tertiary/aromatic N) is 2. The molecule has 1 aliphatic rings. The van der Waals surface area contributed by atoms with E-state index in [1.165, 1.54) is 12.1 Å². The number of benzene rings is 2. The average molecular weight is 427 g/mol. The van der Waals surface area contributed by atoms with Crippen LogP contribution in [0.2, 0.25) is 0 Å². The summed E-state index contributed by atoms with van der Waals surface area (Å²) in [5.74, 6) is 0.854. The topological polar surface area (TPSA) is 43.8 Å². The van der Waals surface area contributed by atoms with Crippen LogP contribution in [0, 0.1) is 0 Å². The molecule has 0 aliphatic carbocycles. The molecule has 0 saturated carbocycles. The molecule has 6 heteroatoms. The highest BCUT2D eigenvalue weighted by Gasteiger charge is 2.19. The zero-order valence-corrected chi connectivity index (χ0v) is 18.8. The minimum Gasteiger partial charge on any atom is -0.491 e. The molecule has 1 fully saturated rings. The Bertz CT molecular complexity index is 949. The summed E-state index contributed by atoms with van der Waals surface area (Å²) >= 11 is 1.69. The molecule has 2 aromatic carbocycles. The molecule has 0 amide bonds. The third kappa shape index (κ3) is 5.12. The second-order valence-corrected chi connectivity index (χ2v) is 8.89. The van der Waals surface area contributed by atoms with Gasteiger partial charge in [0.25, 0.3) is 0 Å². The van der Waals surface area contributed by atoms with Crippen molar-refractivity contribution in [3.8, 4) is 16.3 Å². The van der Waals surface area contributed by atoms with Gasteiger partial charge >= 0.3 is 0 Å². The number of fused-ring (bicyclic) bond motifs is 1. The maximum atomic E-state index is 6.08. The number of aromatic nitrogens is 1. The molecule has 5 nitrogen and oxygen atoms in total. The SMILES string of the molecule is CC[C@H](COc1ccc2nc(-c3ccc(N(C)C)cc3)sc2c1)OC1CCCCO1. The Labute approximate surface area is 182 Å². The van der Waals surface area contributed by atoms with Gasteiger partial charge in [-0.3, -0.25) is 0 Å². The van der Waals surface area contributed by atoms with Gasteiger partial charge < -0.3 is 19.1 Å². The second-order valence-electron chi connectivity index (χ2n) is 7.86. The highest BCUT2D eigenvalue weighted by Crippen LogP contribution is 2.33. The molecular formula is C24H30N2O3S. The first-order valence-electron chi connectivity index (χ1n) is 10.7. The van der Waals surface area contributed by atoms with Crippen molar-refractivity contribution in [2.75, 3.05) is 32.2 Å². The van der Waals surface area contributed by atoms with Crippen LogP contribution in [0.15, 0.2) is 42.5 Å². The summed E-state index contributed by atoms with van der Waals surface area (Å²) in [6.07, 6.45) is 4.12. The van der Waals surface area contributed by atoms with E-state index in [0.717, 1.165) is 52.4 Å². The van der Waals surface area contributed by atoms with Crippen LogP contribution in [0.5, 0.6) is 5.75 Å². The lowest BCUT2D eigenvalue weighted by atomic mass is 10.2. The fourth-order valence-corrected chi connectivity index (χ4v) is 4.50. The molecule has 2 heterocycles. The van der Waals surface area contributed by atoms with Crippen LogP contribution in [-0.2, 0) is 9.47 Å². The molecular weight excluding hydrogens is 396 g/mol. The van der Waals surface area contributed by atoms with E-state index in [2.05, 4.69) is 42.2 Å². The molecule has 30 heavy (non-hydrogen) atoms. The minimum absolute atomic E-state index is 0.0380. The molecule has 0 N–H and O–H groups in total. The van der Waals surface area contributed by atoms with Crippen LogP contribution in [0.1, 0.15) is 32.6 Å². The van der Waals surface area contributed by atoms with E-state index in [1.807, 2.05) is 26.2 Å². The van der Waals surface area contributed by atoms with Crippen LogP contribution in [0.4, 0.5) is 5.69 Å². The van der Waals surface area contributed by atoms with Crippen molar-refractivity contribution in [2.24, 2.45) is 0 Å². The van der Waals surface area contributed by atoms with Crippen molar-refractivity contribution >= 4 is 27.2 Å². The Balaban J connectivity index is 1.41. The summed E-state index contributed by atoms with van der Waals surface area (Å²) in [6.45, 7) is 3.45. The predicted molar refractivity (Wildman–Crippen MR) is 124 cm³/mol. The van der Waals surface area contributed by atoms with Crippen molar-refractivity contribution < 1.29 is 14.2 Å². The van der Waals surface area contributed by atoms with E-state index in [-0.39, 0.29) is 12.4 Å².